The minimum absolute atomic E-state index is 0.633. The topological polar surface area (TPSA) is 43.0 Å². The summed E-state index contributed by atoms with van der Waals surface area (Å²) < 4.78 is 0. The Morgan fingerprint density at radius 1 is 0.290 bits per heavy atom. The maximum absolute atomic E-state index is 7.70. The quantitative estimate of drug-likeness (QED) is 0.158. The average Bonchev–Trinajstić information content (AvgIpc) is 3.68. The molecule has 0 spiro atoms. The molecule has 10 aromatic carbocycles. The first-order chi connectivity index (χ1) is 30.7. The van der Waals surface area contributed by atoms with Crippen molar-refractivity contribution in [1.82, 2.24) is 15.0 Å². The van der Waals surface area contributed by atoms with E-state index < -0.39 is 0 Å². The van der Waals surface area contributed by atoms with Gasteiger partial charge in [0.05, 0.1) is 6.57 Å². The Hall–Kier alpha value is -8.52. The fourth-order valence-electron chi connectivity index (χ4n) is 9.34. The van der Waals surface area contributed by atoms with Crippen molar-refractivity contribution in [2.75, 3.05) is 0 Å². The van der Waals surface area contributed by atoms with E-state index in [2.05, 4.69) is 132 Å². The molecule has 0 atom stereocenters. The number of hydrogen-bond donors (Lipinski definition) is 0. The summed E-state index contributed by atoms with van der Waals surface area (Å²) in [6.45, 7) is 7.70. The highest BCUT2D eigenvalue weighted by molar-refractivity contribution is 6.23. The highest BCUT2D eigenvalue weighted by Gasteiger charge is 2.25. The third-order valence-electron chi connectivity index (χ3n) is 12.3. The molecule has 12 rings (SSSR count). The Labute approximate surface area is 358 Å². The zero-order valence-electron chi connectivity index (χ0n) is 33.4. The van der Waals surface area contributed by atoms with Gasteiger partial charge in [-0.25, -0.2) is 19.8 Å². The zero-order chi connectivity index (χ0) is 41.1. The molecule has 62 heavy (non-hydrogen) atoms. The van der Waals surface area contributed by atoms with E-state index in [1.807, 2.05) is 78.9 Å². The molecule has 1 aliphatic rings. The van der Waals surface area contributed by atoms with Crippen molar-refractivity contribution < 1.29 is 0 Å². The average molecular weight is 787 g/mol. The van der Waals surface area contributed by atoms with Gasteiger partial charge >= 0.3 is 0 Å². The van der Waals surface area contributed by atoms with Crippen LogP contribution >= 0.6 is 0 Å². The van der Waals surface area contributed by atoms with Gasteiger partial charge in [-0.05, 0) is 100 Å². The highest BCUT2D eigenvalue weighted by atomic mass is 15.0. The van der Waals surface area contributed by atoms with Crippen molar-refractivity contribution in [3.63, 3.8) is 0 Å². The van der Waals surface area contributed by atoms with Crippen LogP contribution in [0.25, 0.3) is 127 Å². The molecule has 11 aromatic rings. The molecule has 0 amide bonds. The van der Waals surface area contributed by atoms with Crippen molar-refractivity contribution >= 4 is 38.0 Å². The van der Waals surface area contributed by atoms with E-state index in [4.69, 9.17) is 21.5 Å². The normalized spacial score (nSPS) is 11.5. The molecule has 0 aliphatic heterocycles. The Morgan fingerprint density at radius 2 is 0.710 bits per heavy atom. The van der Waals surface area contributed by atoms with Gasteiger partial charge in [-0.15, -0.1) is 0 Å². The van der Waals surface area contributed by atoms with Crippen LogP contribution in [0, 0.1) is 6.57 Å². The summed E-state index contributed by atoms with van der Waals surface area (Å²) >= 11 is 0. The molecule has 0 fully saturated rings. The largest absolute Gasteiger partial charge is 0.238 e. The van der Waals surface area contributed by atoms with Crippen LogP contribution in [0.1, 0.15) is 0 Å². The van der Waals surface area contributed by atoms with Crippen LogP contribution in [0.2, 0.25) is 0 Å². The lowest BCUT2D eigenvalue weighted by atomic mass is 9.87. The predicted octanol–water partition coefficient (Wildman–Crippen LogP) is 15.5. The molecule has 1 aliphatic carbocycles. The van der Waals surface area contributed by atoms with Gasteiger partial charge in [0.1, 0.15) is 0 Å². The molecule has 0 saturated heterocycles. The predicted molar refractivity (Wildman–Crippen MR) is 256 cm³/mol. The number of fused-ring (bicyclic) bond motifs is 5. The molecule has 0 saturated carbocycles. The van der Waals surface area contributed by atoms with Crippen molar-refractivity contribution in [3.05, 3.63) is 218 Å². The van der Waals surface area contributed by atoms with Gasteiger partial charge < -0.3 is 0 Å². The zero-order valence-corrected chi connectivity index (χ0v) is 33.4. The van der Waals surface area contributed by atoms with Crippen LogP contribution in [-0.4, -0.2) is 15.0 Å². The molecule has 0 N–H and O–H groups in total. The number of benzene rings is 10. The number of rotatable bonds is 6. The Balaban J connectivity index is 0.985. The van der Waals surface area contributed by atoms with Crippen molar-refractivity contribution in [1.29, 1.82) is 0 Å². The third kappa shape index (κ3) is 5.79. The molecule has 1 aromatic heterocycles. The van der Waals surface area contributed by atoms with Gasteiger partial charge in [0.25, 0.3) is 0 Å². The second kappa shape index (κ2) is 14.3. The molecular weight excluding hydrogens is 753 g/mol. The fourth-order valence-corrected chi connectivity index (χ4v) is 9.34. The molecule has 4 heteroatoms. The second-order valence-electron chi connectivity index (χ2n) is 15.8. The van der Waals surface area contributed by atoms with Crippen LogP contribution in [0.5, 0.6) is 0 Å². The monoisotopic (exact) mass is 786 g/mol. The second-order valence-corrected chi connectivity index (χ2v) is 15.8. The lowest BCUT2D eigenvalue weighted by Crippen LogP contribution is -2.00. The maximum atomic E-state index is 7.70. The van der Waals surface area contributed by atoms with E-state index in [0.29, 0.717) is 23.2 Å². The van der Waals surface area contributed by atoms with Crippen molar-refractivity contribution in [2.24, 2.45) is 0 Å². The minimum Gasteiger partial charge on any atom is -0.238 e. The summed E-state index contributed by atoms with van der Waals surface area (Å²) in [6, 6.07) is 72.6. The summed E-state index contributed by atoms with van der Waals surface area (Å²) in [7, 11) is 0. The molecule has 1 heterocycles. The van der Waals surface area contributed by atoms with Gasteiger partial charge in [0.15, 0.2) is 23.2 Å². The van der Waals surface area contributed by atoms with Gasteiger partial charge in [-0.1, -0.05) is 194 Å². The molecule has 0 unspecified atom stereocenters. The van der Waals surface area contributed by atoms with Gasteiger partial charge in [0, 0.05) is 16.7 Å². The Kier molecular flexibility index (Phi) is 8.19. The number of hydrogen-bond acceptors (Lipinski definition) is 3. The third-order valence-corrected chi connectivity index (χ3v) is 12.3. The van der Waals surface area contributed by atoms with Crippen LogP contribution in [0.4, 0.5) is 5.69 Å². The Bertz CT molecular complexity index is 3540. The Morgan fingerprint density at radius 3 is 1.29 bits per heavy atom. The van der Waals surface area contributed by atoms with E-state index in [1.165, 1.54) is 60.5 Å². The van der Waals surface area contributed by atoms with E-state index in [9.17, 15) is 0 Å². The first-order valence-electron chi connectivity index (χ1n) is 20.8. The lowest BCUT2D eigenvalue weighted by molar-refractivity contribution is 1.07. The first-order valence-corrected chi connectivity index (χ1v) is 20.8. The van der Waals surface area contributed by atoms with Gasteiger partial charge in [-0.3, -0.25) is 0 Å². The van der Waals surface area contributed by atoms with Gasteiger partial charge in [0.2, 0.25) is 0 Å². The van der Waals surface area contributed by atoms with E-state index in [0.717, 1.165) is 44.2 Å². The molecular formula is C58H34N4. The first kappa shape index (κ1) is 35.4. The summed E-state index contributed by atoms with van der Waals surface area (Å²) in [5.74, 6) is 1.92. The number of nitrogens with zero attached hydrogens (tertiary/aromatic N) is 4. The smallest absolute Gasteiger partial charge is 0.194 e. The summed E-state index contributed by atoms with van der Waals surface area (Å²) in [5.41, 5.74) is 15.5. The highest BCUT2D eigenvalue weighted by Crippen LogP contribution is 2.52. The summed E-state index contributed by atoms with van der Waals surface area (Å²) in [4.78, 5) is 18.7. The summed E-state index contributed by atoms with van der Waals surface area (Å²) in [5, 5.41) is 6.94. The minimum atomic E-state index is 0.633. The fraction of sp³-hybridized carbons (Fsp3) is 0. The SMILES string of the molecule is [C-]#[N+]c1cccc2c(-c3ccc4cc(-c5ccc6c7c(ccc(-c8ccc(-c9nc(-c%10ccccc%10)nc(-c%10ccccc%10)n9)cc8)c57)-c5ccccc5-6)ccc4c3)cccc12. The van der Waals surface area contributed by atoms with Crippen LogP contribution in [-0.2, 0) is 0 Å². The van der Waals surface area contributed by atoms with Gasteiger partial charge in [-0.2, -0.15) is 0 Å². The van der Waals surface area contributed by atoms with Crippen LogP contribution in [0.3, 0.4) is 0 Å². The lowest BCUT2D eigenvalue weighted by Gasteiger charge is -2.16. The van der Waals surface area contributed by atoms with Crippen molar-refractivity contribution in [2.45, 2.75) is 0 Å². The molecule has 0 bridgehead atoms. The molecule has 286 valence electrons. The molecule has 4 nitrogen and oxygen atoms in total. The van der Waals surface area contributed by atoms with Crippen LogP contribution in [0.15, 0.2) is 206 Å². The van der Waals surface area contributed by atoms with E-state index in [1.54, 1.807) is 0 Å². The number of aromatic nitrogens is 3. The summed E-state index contributed by atoms with van der Waals surface area (Å²) in [6.07, 6.45) is 0. The van der Waals surface area contributed by atoms with E-state index >= 15 is 0 Å². The standard InChI is InChI=1S/C58H34N4/c1-59-53-21-11-19-47-44(18-10-20-50(47)53)42-28-26-41-35-43(29-27-40(41)34-42)46-31-33-52-49-17-9-8-16-48(49)51-32-30-45(54(46)55(51)52)36-22-24-39(25-23-36)58-61-56(37-12-4-2-5-13-37)60-57(62-58)38-14-6-3-7-15-38/h2-35H. The van der Waals surface area contributed by atoms with Crippen molar-refractivity contribution in [3.8, 4) is 89.8 Å². The maximum Gasteiger partial charge on any atom is 0.194 e. The molecule has 0 radical (unpaired) electrons. The van der Waals surface area contributed by atoms with E-state index in [-0.39, 0.29) is 0 Å². The van der Waals surface area contributed by atoms with Crippen LogP contribution < -0.4 is 0 Å².